The fourth-order valence-corrected chi connectivity index (χ4v) is 2.95. The Morgan fingerprint density at radius 2 is 2.08 bits per heavy atom. The molecule has 26 heavy (non-hydrogen) atoms. The molecule has 2 heterocycles. The van der Waals surface area contributed by atoms with Crippen LogP contribution in [0, 0.1) is 18.7 Å². The number of benzene rings is 1. The van der Waals surface area contributed by atoms with Crippen LogP contribution >= 0.6 is 11.6 Å². The van der Waals surface area contributed by atoms with E-state index in [1.165, 1.54) is 19.2 Å². The highest BCUT2D eigenvalue weighted by Gasteiger charge is 2.20. The van der Waals surface area contributed by atoms with E-state index in [0.29, 0.717) is 34.6 Å². The third-order valence-corrected chi connectivity index (χ3v) is 4.35. The van der Waals surface area contributed by atoms with Crippen LogP contribution in [0.2, 0.25) is 5.02 Å². The zero-order valence-electron chi connectivity index (χ0n) is 15.0. The number of aryl methyl sites for hydroxylation is 1. The number of halogens is 2. The summed E-state index contributed by atoms with van der Waals surface area (Å²) < 4.78 is 20.4. The van der Waals surface area contributed by atoms with Crippen LogP contribution in [0.5, 0.6) is 0 Å². The number of carbonyl (C=O) groups is 1. The molecule has 0 aliphatic carbocycles. The first-order valence-electron chi connectivity index (χ1n) is 8.24. The molecule has 0 aliphatic heterocycles. The molecule has 0 unspecified atom stereocenters. The van der Waals surface area contributed by atoms with Gasteiger partial charge in [0.05, 0.1) is 29.0 Å². The Kier molecular flexibility index (Phi) is 4.96. The lowest BCUT2D eigenvalue weighted by Gasteiger charge is -2.07. The van der Waals surface area contributed by atoms with Crippen LogP contribution < -0.4 is 0 Å². The van der Waals surface area contributed by atoms with E-state index in [-0.39, 0.29) is 10.7 Å². The summed E-state index contributed by atoms with van der Waals surface area (Å²) in [6.45, 7) is 5.92. The smallest absolute Gasteiger partial charge is 0.356 e. The summed E-state index contributed by atoms with van der Waals surface area (Å²) in [6, 6.07) is 6.33. The van der Waals surface area contributed by atoms with E-state index >= 15 is 0 Å². The van der Waals surface area contributed by atoms with Crippen molar-refractivity contribution in [1.82, 2.24) is 14.8 Å². The van der Waals surface area contributed by atoms with Gasteiger partial charge in [-0.25, -0.2) is 18.9 Å². The van der Waals surface area contributed by atoms with Gasteiger partial charge >= 0.3 is 5.97 Å². The summed E-state index contributed by atoms with van der Waals surface area (Å²) in [6.07, 6.45) is 0.677. The van der Waals surface area contributed by atoms with Gasteiger partial charge in [-0.3, -0.25) is 0 Å². The fourth-order valence-electron chi connectivity index (χ4n) is 2.84. The van der Waals surface area contributed by atoms with Crippen LogP contribution in [0.15, 0.2) is 24.3 Å². The first-order chi connectivity index (χ1) is 12.3. The van der Waals surface area contributed by atoms with E-state index in [2.05, 4.69) is 23.9 Å². The van der Waals surface area contributed by atoms with Crippen molar-refractivity contribution < 1.29 is 13.9 Å². The first kappa shape index (κ1) is 18.3. The Bertz CT molecular complexity index is 998. The van der Waals surface area contributed by atoms with Crippen molar-refractivity contribution in [3.05, 3.63) is 52.1 Å². The minimum atomic E-state index is -0.519. The summed E-state index contributed by atoms with van der Waals surface area (Å²) in [5.41, 5.74) is 3.52. The molecule has 0 radical (unpaired) electrons. The number of rotatable bonds is 4. The van der Waals surface area contributed by atoms with Gasteiger partial charge in [0, 0.05) is 6.07 Å². The van der Waals surface area contributed by atoms with Crippen LogP contribution in [-0.2, 0) is 11.2 Å². The number of ether oxygens (including phenoxy) is 1. The molecule has 0 fully saturated rings. The topological polar surface area (TPSA) is 57.0 Å². The molecule has 2 aromatic heterocycles. The number of fused-ring (bicyclic) bond motifs is 1. The molecule has 3 aromatic rings. The molecule has 0 saturated carbocycles. The molecular weight excluding hydrogens is 357 g/mol. The number of methoxy groups -OCH3 is 1. The van der Waals surface area contributed by atoms with Crippen molar-refractivity contribution in [1.29, 1.82) is 0 Å². The number of carbonyl (C=O) groups excluding carboxylic acids is 1. The summed E-state index contributed by atoms with van der Waals surface area (Å²) >= 11 is 5.79. The fraction of sp³-hybridized carbons (Fsp3) is 0.316. The normalized spacial score (nSPS) is 11.3. The van der Waals surface area contributed by atoms with Crippen molar-refractivity contribution >= 4 is 28.6 Å². The van der Waals surface area contributed by atoms with Crippen LogP contribution in [-0.4, -0.2) is 27.8 Å². The van der Waals surface area contributed by atoms with Gasteiger partial charge in [-0.15, -0.1) is 0 Å². The number of aromatic nitrogens is 3. The predicted molar refractivity (Wildman–Crippen MR) is 98.5 cm³/mol. The average molecular weight is 376 g/mol. The molecule has 0 spiro atoms. The summed E-state index contributed by atoms with van der Waals surface area (Å²) in [5, 5.41) is 4.68. The lowest BCUT2D eigenvalue weighted by Crippen LogP contribution is -2.07. The second kappa shape index (κ2) is 7.03. The molecule has 0 atom stereocenters. The Labute approximate surface area is 155 Å². The third kappa shape index (κ3) is 3.29. The number of esters is 1. The lowest BCUT2D eigenvalue weighted by molar-refractivity contribution is 0.0593. The molecule has 0 aliphatic rings. The lowest BCUT2D eigenvalue weighted by atomic mass is 10.1. The highest BCUT2D eigenvalue weighted by atomic mass is 35.5. The summed E-state index contributed by atoms with van der Waals surface area (Å²) in [4.78, 5) is 16.5. The molecule has 0 bridgehead atoms. The second-order valence-corrected chi connectivity index (χ2v) is 6.98. The SMILES string of the molecule is COC(=O)c1nc2c(CC(C)C)nn(-c3ccc(Cl)c(F)c3)c2cc1C. The summed E-state index contributed by atoms with van der Waals surface area (Å²) in [5.74, 6) is -0.674. The van der Waals surface area contributed by atoms with Crippen molar-refractivity contribution in [2.24, 2.45) is 5.92 Å². The van der Waals surface area contributed by atoms with E-state index < -0.39 is 11.8 Å². The maximum atomic E-state index is 13.9. The van der Waals surface area contributed by atoms with Crippen molar-refractivity contribution in [2.75, 3.05) is 7.11 Å². The largest absolute Gasteiger partial charge is 0.464 e. The van der Waals surface area contributed by atoms with E-state index in [0.717, 1.165) is 5.69 Å². The summed E-state index contributed by atoms with van der Waals surface area (Å²) in [7, 11) is 1.32. The zero-order valence-corrected chi connectivity index (χ0v) is 15.8. The standard InChI is InChI=1S/C19H19ClFN3O2/c1-10(2)7-15-18-16(8-11(3)17(22-18)19(25)26-4)24(23-15)12-5-6-13(20)14(21)9-12/h5-6,8-10H,7H2,1-4H3. The van der Waals surface area contributed by atoms with Gasteiger partial charge < -0.3 is 4.74 Å². The van der Waals surface area contributed by atoms with Gasteiger partial charge in [0.1, 0.15) is 11.3 Å². The van der Waals surface area contributed by atoms with Gasteiger partial charge in [0.15, 0.2) is 5.69 Å². The number of pyridine rings is 1. The van der Waals surface area contributed by atoms with Crippen molar-refractivity contribution in [2.45, 2.75) is 27.2 Å². The van der Waals surface area contributed by atoms with Crippen molar-refractivity contribution in [3.63, 3.8) is 0 Å². The zero-order chi connectivity index (χ0) is 19.0. The minimum absolute atomic E-state index is 0.0508. The average Bonchev–Trinajstić information content (AvgIpc) is 2.92. The van der Waals surface area contributed by atoms with Crippen LogP contribution in [0.4, 0.5) is 4.39 Å². The predicted octanol–water partition coefficient (Wildman–Crippen LogP) is 4.51. The van der Waals surface area contributed by atoms with Gasteiger partial charge in [-0.1, -0.05) is 25.4 Å². The Morgan fingerprint density at radius 1 is 1.35 bits per heavy atom. The maximum absolute atomic E-state index is 13.9. The molecule has 136 valence electrons. The molecule has 5 nitrogen and oxygen atoms in total. The van der Waals surface area contributed by atoms with Gasteiger partial charge in [0.25, 0.3) is 0 Å². The second-order valence-electron chi connectivity index (χ2n) is 6.57. The Hall–Kier alpha value is -2.47. The highest BCUT2D eigenvalue weighted by Crippen LogP contribution is 2.27. The number of hydrogen-bond donors (Lipinski definition) is 0. The van der Waals surface area contributed by atoms with Gasteiger partial charge in [-0.2, -0.15) is 5.10 Å². The molecule has 0 amide bonds. The first-order valence-corrected chi connectivity index (χ1v) is 8.62. The molecule has 0 saturated heterocycles. The minimum Gasteiger partial charge on any atom is -0.464 e. The highest BCUT2D eigenvalue weighted by molar-refractivity contribution is 6.30. The van der Waals surface area contributed by atoms with E-state index in [4.69, 9.17) is 16.3 Å². The molecule has 1 aromatic carbocycles. The van der Waals surface area contributed by atoms with Gasteiger partial charge in [-0.05, 0) is 43.0 Å². The molecular formula is C19H19ClFN3O2. The van der Waals surface area contributed by atoms with Crippen LogP contribution in [0.1, 0.15) is 35.6 Å². The van der Waals surface area contributed by atoms with Crippen LogP contribution in [0.3, 0.4) is 0 Å². The van der Waals surface area contributed by atoms with E-state index in [9.17, 15) is 9.18 Å². The Balaban J connectivity index is 2.28. The van der Waals surface area contributed by atoms with E-state index in [1.54, 1.807) is 17.7 Å². The quantitative estimate of drug-likeness (QED) is 0.630. The number of hydrogen-bond acceptors (Lipinski definition) is 4. The maximum Gasteiger partial charge on any atom is 0.356 e. The van der Waals surface area contributed by atoms with Crippen LogP contribution in [0.25, 0.3) is 16.7 Å². The molecule has 0 N–H and O–H groups in total. The monoisotopic (exact) mass is 375 g/mol. The number of nitrogens with zero attached hydrogens (tertiary/aromatic N) is 3. The van der Waals surface area contributed by atoms with Gasteiger partial charge in [0.2, 0.25) is 0 Å². The molecule has 3 rings (SSSR count). The third-order valence-electron chi connectivity index (χ3n) is 4.04. The van der Waals surface area contributed by atoms with E-state index in [1.807, 2.05) is 6.07 Å². The Morgan fingerprint density at radius 3 is 2.69 bits per heavy atom. The molecule has 7 heteroatoms. The van der Waals surface area contributed by atoms with Crippen molar-refractivity contribution in [3.8, 4) is 5.69 Å².